The number of methoxy groups -OCH3 is 1. The normalized spacial score (nSPS) is 22.0. The summed E-state index contributed by atoms with van der Waals surface area (Å²) in [6.07, 6.45) is 13.4. The SMILES string of the molecule is COCCCn1cc(CN(C(=O)[C@H]2CNCCO2)C2CC2)c2c(C3CCCCC3)ccnc21. The number of ether oxygens (including phenoxy) is 2. The smallest absolute Gasteiger partial charge is 0.253 e. The van der Waals surface area contributed by atoms with E-state index >= 15 is 0 Å². The minimum Gasteiger partial charge on any atom is -0.385 e. The topological polar surface area (TPSA) is 68.6 Å². The van der Waals surface area contributed by atoms with E-state index in [2.05, 4.69) is 27.0 Å². The molecule has 0 spiro atoms. The summed E-state index contributed by atoms with van der Waals surface area (Å²) in [5.41, 5.74) is 3.72. The fourth-order valence-corrected chi connectivity index (χ4v) is 5.61. The van der Waals surface area contributed by atoms with Crippen LogP contribution in [0.25, 0.3) is 11.0 Å². The van der Waals surface area contributed by atoms with E-state index in [1.807, 2.05) is 6.20 Å². The number of nitrogens with one attached hydrogen (secondary N) is 1. The van der Waals surface area contributed by atoms with Crippen LogP contribution in [0.4, 0.5) is 0 Å². The number of rotatable bonds is 9. The maximum Gasteiger partial charge on any atom is 0.253 e. The first-order chi connectivity index (χ1) is 16.3. The molecule has 2 aromatic heterocycles. The standard InChI is InChI=1S/C26H38N4O3/c1-32-14-5-13-29-17-20(18-30(21-8-9-21)26(31)23-16-27-12-15-33-23)24-22(10-11-28-25(24)29)19-6-3-2-4-7-19/h10-11,17,19,21,23,27H,2-9,12-16,18H2,1H3/t23-/m1/s1. The number of nitrogens with zero attached hydrogens (tertiary/aromatic N) is 3. The number of pyridine rings is 1. The van der Waals surface area contributed by atoms with E-state index in [1.165, 1.54) is 48.6 Å². The van der Waals surface area contributed by atoms with Crippen LogP contribution in [-0.4, -0.2) is 65.9 Å². The van der Waals surface area contributed by atoms with Crippen molar-refractivity contribution in [2.45, 2.75) is 82.5 Å². The van der Waals surface area contributed by atoms with Gasteiger partial charge in [0.15, 0.2) is 0 Å². The van der Waals surface area contributed by atoms with Gasteiger partial charge in [0.05, 0.1) is 6.61 Å². The zero-order valence-electron chi connectivity index (χ0n) is 19.9. The molecule has 0 unspecified atom stereocenters. The highest BCUT2D eigenvalue weighted by Gasteiger charge is 2.37. The van der Waals surface area contributed by atoms with Crippen LogP contribution in [0.5, 0.6) is 0 Å². The minimum absolute atomic E-state index is 0.132. The maximum absolute atomic E-state index is 13.4. The molecule has 180 valence electrons. The second-order valence-corrected chi connectivity index (χ2v) is 9.89. The Morgan fingerprint density at radius 1 is 1.27 bits per heavy atom. The molecule has 2 aliphatic carbocycles. The van der Waals surface area contributed by atoms with Gasteiger partial charge in [-0.25, -0.2) is 4.98 Å². The average Bonchev–Trinajstić information content (AvgIpc) is 3.65. The Labute approximate surface area is 196 Å². The Bertz CT molecular complexity index is 942. The second-order valence-electron chi connectivity index (χ2n) is 9.89. The van der Waals surface area contributed by atoms with Crippen LogP contribution in [0, 0.1) is 0 Å². The predicted octanol–water partition coefficient (Wildman–Crippen LogP) is 3.60. The van der Waals surface area contributed by atoms with Gasteiger partial charge in [0, 0.05) is 63.7 Å². The Balaban J connectivity index is 1.48. The summed E-state index contributed by atoms with van der Waals surface area (Å²) in [5, 5.41) is 4.59. The van der Waals surface area contributed by atoms with Gasteiger partial charge in [0.1, 0.15) is 11.8 Å². The molecule has 0 bridgehead atoms. The molecule has 7 nitrogen and oxygen atoms in total. The highest BCUT2D eigenvalue weighted by Crippen LogP contribution is 2.39. The lowest BCUT2D eigenvalue weighted by Crippen LogP contribution is -2.49. The first-order valence-electron chi connectivity index (χ1n) is 12.8. The number of aromatic nitrogens is 2. The highest BCUT2D eigenvalue weighted by molar-refractivity contribution is 5.86. The van der Waals surface area contributed by atoms with Gasteiger partial charge in [-0.15, -0.1) is 0 Å². The molecule has 1 amide bonds. The van der Waals surface area contributed by atoms with Crippen LogP contribution >= 0.6 is 0 Å². The first kappa shape index (κ1) is 22.8. The van der Waals surface area contributed by atoms with E-state index in [9.17, 15) is 4.79 Å². The van der Waals surface area contributed by atoms with Crippen molar-refractivity contribution in [1.82, 2.24) is 19.8 Å². The van der Waals surface area contributed by atoms with Crippen molar-refractivity contribution in [3.63, 3.8) is 0 Å². The number of fused-ring (bicyclic) bond motifs is 1. The van der Waals surface area contributed by atoms with Crippen LogP contribution in [0.15, 0.2) is 18.5 Å². The predicted molar refractivity (Wildman–Crippen MR) is 128 cm³/mol. The molecule has 1 atom stereocenters. The van der Waals surface area contributed by atoms with Gasteiger partial charge in [-0.2, -0.15) is 0 Å². The quantitative estimate of drug-likeness (QED) is 0.587. The van der Waals surface area contributed by atoms with E-state index in [0.717, 1.165) is 44.6 Å². The summed E-state index contributed by atoms with van der Waals surface area (Å²) in [5.74, 6) is 0.724. The largest absolute Gasteiger partial charge is 0.385 e. The molecular formula is C26H38N4O3. The van der Waals surface area contributed by atoms with Crippen LogP contribution in [0.3, 0.4) is 0 Å². The number of amides is 1. The van der Waals surface area contributed by atoms with Crippen molar-refractivity contribution in [3.8, 4) is 0 Å². The minimum atomic E-state index is -0.370. The number of hydrogen-bond donors (Lipinski definition) is 1. The van der Waals surface area contributed by atoms with E-state index in [-0.39, 0.29) is 12.0 Å². The molecule has 0 aromatic carbocycles. The lowest BCUT2D eigenvalue weighted by molar-refractivity contribution is -0.146. The summed E-state index contributed by atoms with van der Waals surface area (Å²) in [4.78, 5) is 20.4. The van der Waals surface area contributed by atoms with Crippen LogP contribution in [0.2, 0.25) is 0 Å². The Hall–Kier alpha value is -1.96. The molecule has 7 heteroatoms. The van der Waals surface area contributed by atoms with Crippen molar-refractivity contribution in [2.75, 3.05) is 33.4 Å². The van der Waals surface area contributed by atoms with Crippen LogP contribution in [-0.2, 0) is 27.4 Å². The van der Waals surface area contributed by atoms with Gasteiger partial charge in [-0.1, -0.05) is 19.3 Å². The lowest BCUT2D eigenvalue weighted by Gasteiger charge is -2.30. The number of aryl methyl sites for hydroxylation is 1. The van der Waals surface area contributed by atoms with Gasteiger partial charge in [-0.05, 0) is 55.2 Å². The van der Waals surface area contributed by atoms with E-state index in [4.69, 9.17) is 14.5 Å². The van der Waals surface area contributed by atoms with Crippen LogP contribution < -0.4 is 5.32 Å². The first-order valence-corrected chi connectivity index (χ1v) is 12.8. The van der Waals surface area contributed by atoms with Crippen molar-refractivity contribution >= 4 is 16.9 Å². The molecule has 3 aliphatic rings. The van der Waals surface area contributed by atoms with Crippen molar-refractivity contribution in [3.05, 3.63) is 29.6 Å². The molecule has 1 N–H and O–H groups in total. The number of carbonyl (C=O) groups is 1. The monoisotopic (exact) mass is 454 g/mol. The summed E-state index contributed by atoms with van der Waals surface area (Å²) in [6, 6.07) is 2.57. The lowest BCUT2D eigenvalue weighted by atomic mass is 9.83. The fraction of sp³-hybridized carbons (Fsp3) is 0.692. The molecule has 0 radical (unpaired) electrons. The Morgan fingerprint density at radius 2 is 2.12 bits per heavy atom. The van der Waals surface area contributed by atoms with E-state index in [1.54, 1.807) is 7.11 Å². The average molecular weight is 455 g/mol. The summed E-state index contributed by atoms with van der Waals surface area (Å²) >= 11 is 0. The van der Waals surface area contributed by atoms with Gasteiger partial charge >= 0.3 is 0 Å². The third kappa shape index (κ3) is 5.10. The third-order valence-corrected chi connectivity index (χ3v) is 7.47. The zero-order chi connectivity index (χ0) is 22.6. The Kier molecular flexibility index (Phi) is 7.28. The summed E-state index contributed by atoms with van der Waals surface area (Å²) in [6.45, 7) is 4.27. The van der Waals surface area contributed by atoms with Crippen LogP contribution in [0.1, 0.15) is 68.4 Å². The molecular weight excluding hydrogens is 416 g/mol. The van der Waals surface area contributed by atoms with Crippen molar-refractivity contribution in [1.29, 1.82) is 0 Å². The van der Waals surface area contributed by atoms with Gasteiger partial charge < -0.3 is 24.3 Å². The second kappa shape index (κ2) is 10.5. The summed E-state index contributed by atoms with van der Waals surface area (Å²) in [7, 11) is 1.75. The van der Waals surface area contributed by atoms with E-state index < -0.39 is 0 Å². The maximum atomic E-state index is 13.4. The van der Waals surface area contributed by atoms with Gasteiger partial charge in [0.2, 0.25) is 0 Å². The Morgan fingerprint density at radius 3 is 2.85 bits per heavy atom. The molecule has 5 rings (SSSR count). The van der Waals surface area contributed by atoms with Gasteiger partial charge in [-0.3, -0.25) is 4.79 Å². The van der Waals surface area contributed by atoms with Gasteiger partial charge in [0.25, 0.3) is 5.91 Å². The molecule has 2 saturated carbocycles. The molecule has 3 fully saturated rings. The van der Waals surface area contributed by atoms with E-state index in [0.29, 0.717) is 31.7 Å². The molecule has 3 heterocycles. The molecule has 1 aliphatic heterocycles. The number of hydrogen-bond acceptors (Lipinski definition) is 5. The van der Waals surface area contributed by atoms with Crippen molar-refractivity contribution < 1.29 is 14.3 Å². The number of morpholine rings is 1. The number of carbonyl (C=O) groups excluding carboxylic acids is 1. The summed E-state index contributed by atoms with van der Waals surface area (Å²) < 4.78 is 13.4. The fourth-order valence-electron chi connectivity index (χ4n) is 5.61. The highest BCUT2D eigenvalue weighted by atomic mass is 16.5. The zero-order valence-corrected chi connectivity index (χ0v) is 19.9. The third-order valence-electron chi connectivity index (χ3n) is 7.47. The van der Waals surface area contributed by atoms with Crippen molar-refractivity contribution in [2.24, 2.45) is 0 Å². The molecule has 2 aromatic rings. The molecule has 1 saturated heterocycles. The molecule has 33 heavy (non-hydrogen) atoms.